The first kappa shape index (κ1) is 19.7. The van der Waals surface area contributed by atoms with Gasteiger partial charge in [0, 0.05) is 24.9 Å². The lowest BCUT2D eigenvalue weighted by molar-refractivity contribution is -0.384. The van der Waals surface area contributed by atoms with Crippen LogP contribution in [0.1, 0.15) is 27.6 Å². The molecule has 0 fully saturated rings. The minimum atomic E-state index is -1.30. The van der Waals surface area contributed by atoms with Crippen molar-refractivity contribution >= 4 is 23.3 Å². The average molecular weight is 394 g/mol. The number of nitro benzene ring substituents is 1. The lowest BCUT2D eigenvalue weighted by Gasteiger charge is -2.18. The molecule has 9 nitrogen and oxygen atoms in total. The van der Waals surface area contributed by atoms with Crippen LogP contribution in [0.5, 0.6) is 0 Å². The van der Waals surface area contributed by atoms with Crippen LogP contribution in [-0.4, -0.2) is 26.6 Å². The fourth-order valence-electron chi connectivity index (χ4n) is 2.70. The molecule has 0 bridgehead atoms. The molecule has 1 aromatic heterocycles. The summed E-state index contributed by atoms with van der Waals surface area (Å²) in [5.41, 5.74) is 1.06. The van der Waals surface area contributed by atoms with E-state index in [1.165, 1.54) is 29.2 Å². The highest BCUT2D eigenvalue weighted by molar-refractivity contribution is 5.99. The zero-order chi connectivity index (χ0) is 21.0. The maximum atomic E-state index is 12.9. The topological polar surface area (TPSA) is 116 Å². The molecule has 1 heterocycles. The third kappa shape index (κ3) is 4.64. The van der Waals surface area contributed by atoms with Gasteiger partial charge in [-0.1, -0.05) is 36.4 Å². The molecule has 1 unspecified atom stereocenters. The first-order valence-electron chi connectivity index (χ1n) is 8.65. The molecule has 29 heavy (non-hydrogen) atoms. The molecule has 0 spiro atoms. The Hall–Kier alpha value is -4.01. The van der Waals surface area contributed by atoms with E-state index in [4.69, 9.17) is 4.74 Å². The number of aromatic nitrogens is 2. The van der Waals surface area contributed by atoms with Crippen molar-refractivity contribution in [1.82, 2.24) is 9.78 Å². The first-order valence-corrected chi connectivity index (χ1v) is 8.65. The number of nitro groups is 1. The van der Waals surface area contributed by atoms with Gasteiger partial charge >= 0.3 is 5.97 Å². The van der Waals surface area contributed by atoms with Crippen LogP contribution in [0.25, 0.3) is 0 Å². The smallest absolute Gasteiger partial charge is 0.342 e. The van der Waals surface area contributed by atoms with E-state index in [9.17, 15) is 19.7 Å². The summed E-state index contributed by atoms with van der Waals surface area (Å²) in [6.45, 7) is 1.71. The fraction of sp³-hybridized carbons (Fsp3) is 0.150. The largest absolute Gasteiger partial charge is 0.444 e. The zero-order valence-electron chi connectivity index (χ0n) is 15.7. The molecule has 0 aliphatic heterocycles. The summed E-state index contributed by atoms with van der Waals surface area (Å²) >= 11 is 0. The number of rotatable bonds is 6. The van der Waals surface area contributed by atoms with E-state index >= 15 is 0 Å². The third-order valence-corrected chi connectivity index (χ3v) is 4.11. The number of aryl methyl sites for hydroxylation is 2. The van der Waals surface area contributed by atoms with Gasteiger partial charge in [0.05, 0.1) is 16.7 Å². The average Bonchev–Trinajstić information content (AvgIpc) is 3.14. The second-order valence-electron chi connectivity index (χ2n) is 6.37. The Morgan fingerprint density at radius 1 is 1.21 bits per heavy atom. The van der Waals surface area contributed by atoms with E-state index in [0.29, 0.717) is 11.1 Å². The summed E-state index contributed by atoms with van der Waals surface area (Å²) in [5.74, 6) is -1.44. The number of carbonyl (C=O) groups is 2. The quantitative estimate of drug-likeness (QED) is 0.390. The molecule has 3 aromatic rings. The number of anilines is 1. The molecule has 0 radical (unpaired) electrons. The Bertz CT molecular complexity index is 1060. The Morgan fingerprint density at radius 3 is 2.55 bits per heavy atom. The predicted octanol–water partition coefficient (Wildman–Crippen LogP) is 3.17. The van der Waals surface area contributed by atoms with Gasteiger partial charge in [0.25, 0.3) is 11.6 Å². The molecule has 2 aromatic carbocycles. The van der Waals surface area contributed by atoms with Crippen LogP contribution in [0, 0.1) is 17.0 Å². The van der Waals surface area contributed by atoms with Gasteiger partial charge in [-0.25, -0.2) is 4.79 Å². The number of nitrogens with one attached hydrogen (secondary N) is 1. The van der Waals surface area contributed by atoms with Gasteiger partial charge in [-0.05, 0) is 18.6 Å². The molecular weight excluding hydrogens is 376 g/mol. The minimum absolute atomic E-state index is 0.0176. The molecule has 148 valence electrons. The van der Waals surface area contributed by atoms with E-state index < -0.39 is 22.9 Å². The van der Waals surface area contributed by atoms with Gasteiger partial charge < -0.3 is 10.1 Å². The van der Waals surface area contributed by atoms with E-state index in [1.807, 2.05) is 0 Å². The molecule has 1 N–H and O–H groups in total. The molecule has 0 aliphatic carbocycles. The highest BCUT2D eigenvalue weighted by Gasteiger charge is 2.28. The van der Waals surface area contributed by atoms with Crippen molar-refractivity contribution in [3.05, 3.63) is 87.7 Å². The van der Waals surface area contributed by atoms with Gasteiger partial charge in [-0.3, -0.25) is 19.6 Å². The van der Waals surface area contributed by atoms with Crippen LogP contribution >= 0.6 is 0 Å². The number of carbonyl (C=O) groups excluding carboxylic acids is 2. The molecular formula is C20H18N4O5. The molecule has 0 saturated heterocycles. The summed E-state index contributed by atoms with van der Waals surface area (Å²) in [7, 11) is 1.65. The summed E-state index contributed by atoms with van der Waals surface area (Å²) in [6, 6.07) is 12.8. The second kappa shape index (κ2) is 8.34. The summed E-state index contributed by atoms with van der Waals surface area (Å²) in [6.07, 6.45) is 1.49. The van der Waals surface area contributed by atoms with Gasteiger partial charge in [0.1, 0.15) is 5.69 Å². The van der Waals surface area contributed by atoms with Crippen LogP contribution in [0.4, 0.5) is 11.4 Å². The Kier molecular flexibility index (Phi) is 5.68. The third-order valence-electron chi connectivity index (χ3n) is 4.11. The van der Waals surface area contributed by atoms with E-state index in [1.54, 1.807) is 50.4 Å². The molecule has 1 atom stereocenters. The van der Waals surface area contributed by atoms with Crippen molar-refractivity contribution in [3.63, 3.8) is 0 Å². The van der Waals surface area contributed by atoms with Crippen molar-refractivity contribution < 1.29 is 19.2 Å². The Balaban J connectivity index is 1.89. The summed E-state index contributed by atoms with van der Waals surface area (Å²) in [4.78, 5) is 36.1. The summed E-state index contributed by atoms with van der Waals surface area (Å²) < 4.78 is 6.85. The van der Waals surface area contributed by atoms with Crippen LogP contribution < -0.4 is 5.32 Å². The zero-order valence-corrected chi connectivity index (χ0v) is 15.7. The van der Waals surface area contributed by atoms with Crippen LogP contribution in [0.2, 0.25) is 0 Å². The fourth-order valence-corrected chi connectivity index (χ4v) is 2.70. The van der Waals surface area contributed by atoms with Crippen LogP contribution in [0.15, 0.2) is 60.9 Å². The van der Waals surface area contributed by atoms with Gasteiger partial charge in [0.2, 0.25) is 6.10 Å². The van der Waals surface area contributed by atoms with Crippen molar-refractivity contribution in [2.75, 3.05) is 5.32 Å². The number of amides is 1. The SMILES string of the molecule is Cc1ccc(NC(=O)C(OC(=O)c2cnn(C)c2)c2ccccc2)c([N+](=O)[O-])c1. The predicted molar refractivity (Wildman–Crippen MR) is 104 cm³/mol. The van der Waals surface area contributed by atoms with Crippen LogP contribution in [-0.2, 0) is 16.6 Å². The number of esters is 1. The highest BCUT2D eigenvalue weighted by atomic mass is 16.6. The molecule has 1 amide bonds. The first-order chi connectivity index (χ1) is 13.8. The maximum Gasteiger partial charge on any atom is 0.342 e. The Morgan fingerprint density at radius 2 is 1.93 bits per heavy atom. The summed E-state index contributed by atoms with van der Waals surface area (Å²) in [5, 5.41) is 17.7. The van der Waals surface area contributed by atoms with Gasteiger partial charge in [-0.15, -0.1) is 0 Å². The van der Waals surface area contributed by atoms with Gasteiger partial charge in [-0.2, -0.15) is 5.10 Å². The highest BCUT2D eigenvalue weighted by Crippen LogP contribution is 2.28. The van der Waals surface area contributed by atoms with Crippen molar-refractivity contribution in [2.24, 2.45) is 7.05 Å². The van der Waals surface area contributed by atoms with Crippen molar-refractivity contribution in [3.8, 4) is 0 Å². The molecule has 9 heteroatoms. The molecule has 0 saturated carbocycles. The van der Waals surface area contributed by atoms with E-state index in [-0.39, 0.29) is 16.9 Å². The maximum absolute atomic E-state index is 12.9. The number of hydrogen-bond acceptors (Lipinski definition) is 6. The van der Waals surface area contributed by atoms with Gasteiger partial charge in [0.15, 0.2) is 0 Å². The Labute approximate surface area is 166 Å². The monoisotopic (exact) mass is 394 g/mol. The van der Waals surface area contributed by atoms with E-state index in [0.717, 1.165) is 0 Å². The van der Waals surface area contributed by atoms with Crippen molar-refractivity contribution in [2.45, 2.75) is 13.0 Å². The van der Waals surface area contributed by atoms with Crippen molar-refractivity contribution in [1.29, 1.82) is 0 Å². The number of hydrogen-bond donors (Lipinski definition) is 1. The normalized spacial score (nSPS) is 11.5. The number of benzene rings is 2. The molecule has 0 aliphatic rings. The number of nitrogens with zero attached hydrogens (tertiary/aromatic N) is 3. The lowest BCUT2D eigenvalue weighted by atomic mass is 10.1. The van der Waals surface area contributed by atoms with Crippen LogP contribution in [0.3, 0.4) is 0 Å². The minimum Gasteiger partial charge on any atom is -0.444 e. The number of ether oxygens (including phenoxy) is 1. The lowest BCUT2D eigenvalue weighted by Crippen LogP contribution is -2.26. The standard InChI is InChI=1S/C20H18N4O5/c1-13-8-9-16(17(10-13)24(27)28)22-19(25)18(14-6-4-3-5-7-14)29-20(26)15-11-21-23(2)12-15/h3-12,18H,1-2H3,(H,22,25). The molecule has 3 rings (SSSR count). The van der Waals surface area contributed by atoms with E-state index in [2.05, 4.69) is 10.4 Å². The second-order valence-corrected chi connectivity index (χ2v) is 6.37.